The Morgan fingerprint density at radius 1 is 1.27 bits per heavy atom. The van der Waals surface area contributed by atoms with Crippen LogP contribution in [-0.2, 0) is 19.1 Å². The van der Waals surface area contributed by atoms with Gasteiger partial charge in [0.25, 0.3) is 17.7 Å². The molecule has 0 bridgehead atoms. The average molecular weight is 416 g/mol. The van der Waals surface area contributed by atoms with E-state index in [-0.39, 0.29) is 11.8 Å². The van der Waals surface area contributed by atoms with Crippen LogP contribution in [0.3, 0.4) is 0 Å². The van der Waals surface area contributed by atoms with Gasteiger partial charge in [-0.15, -0.1) is 0 Å². The lowest BCUT2D eigenvalue weighted by molar-refractivity contribution is -0.150. The Morgan fingerprint density at radius 3 is 2.67 bits per heavy atom. The van der Waals surface area contributed by atoms with Crippen molar-refractivity contribution in [3.63, 3.8) is 0 Å². The Morgan fingerprint density at radius 2 is 2.00 bits per heavy atom. The van der Waals surface area contributed by atoms with Crippen LogP contribution in [0, 0.1) is 5.92 Å². The number of esters is 1. The van der Waals surface area contributed by atoms with Gasteiger partial charge >= 0.3 is 12.0 Å². The molecule has 1 saturated carbocycles. The molecule has 0 aromatic heterocycles. The summed E-state index contributed by atoms with van der Waals surface area (Å²) in [6, 6.07) is 5.66. The highest BCUT2D eigenvalue weighted by molar-refractivity contribution is 6.09. The summed E-state index contributed by atoms with van der Waals surface area (Å²) in [6.07, 6.45) is 1.70. The summed E-state index contributed by atoms with van der Waals surface area (Å²) in [6.45, 7) is 2.77. The molecule has 5 amide bonds. The lowest BCUT2D eigenvalue weighted by Crippen LogP contribution is -2.46. The van der Waals surface area contributed by atoms with Crippen molar-refractivity contribution in [1.29, 1.82) is 0 Å². The van der Waals surface area contributed by atoms with Crippen LogP contribution in [0.4, 0.5) is 10.5 Å². The zero-order valence-corrected chi connectivity index (χ0v) is 16.8. The van der Waals surface area contributed by atoms with Gasteiger partial charge in [0.15, 0.2) is 6.61 Å². The minimum Gasteiger partial charge on any atom is -0.454 e. The second kappa shape index (κ2) is 8.52. The summed E-state index contributed by atoms with van der Waals surface area (Å²) < 4.78 is 4.89. The first-order chi connectivity index (χ1) is 14.2. The normalized spacial score (nSPS) is 20.5. The molecule has 2 aliphatic rings. The van der Waals surface area contributed by atoms with E-state index in [0.29, 0.717) is 17.8 Å². The molecule has 3 N–H and O–H groups in total. The molecule has 10 heteroatoms. The van der Waals surface area contributed by atoms with Gasteiger partial charge in [-0.1, -0.05) is 6.07 Å². The monoisotopic (exact) mass is 416 g/mol. The molecule has 10 nitrogen and oxygen atoms in total. The van der Waals surface area contributed by atoms with E-state index in [4.69, 9.17) is 4.74 Å². The zero-order chi connectivity index (χ0) is 21.9. The molecule has 1 heterocycles. The van der Waals surface area contributed by atoms with Crippen LogP contribution in [0.5, 0.6) is 0 Å². The standard InChI is InChI=1S/C20H24N4O6/c1-3-21-17(27)12-5-4-6-14(9-12)22-15(25)11-30-16(26)10-24-18(28)20(2,13-7-8-13)23-19(24)29/h4-6,9,13H,3,7-8,10-11H2,1-2H3,(H,21,27)(H,22,25)(H,23,29)/t20-/m0/s1. The number of carbonyl (C=O) groups excluding carboxylic acids is 5. The molecular weight excluding hydrogens is 392 g/mol. The molecule has 0 spiro atoms. The van der Waals surface area contributed by atoms with E-state index in [2.05, 4.69) is 16.0 Å². The Hall–Kier alpha value is -3.43. The van der Waals surface area contributed by atoms with Crippen LogP contribution >= 0.6 is 0 Å². The fourth-order valence-corrected chi connectivity index (χ4v) is 3.32. The third kappa shape index (κ3) is 4.58. The first kappa shape index (κ1) is 21.3. The Labute approximate surface area is 173 Å². The average Bonchev–Trinajstić information content (AvgIpc) is 3.53. The number of urea groups is 1. The van der Waals surface area contributed by atoms with Crippen LogP contribution in [0.25, 0.3) is 0 Å². The SMILES string of the molecule is CCNC(=O)c1cccc(NC(=O)COC(=O)CN2C(=O)N[C@@](C)(C3CC3)C2=O)c1. The molecule has 1 aliphatic carbocycles. The number of nitrogens with one attached hydrogen (secondary N) is 3. The number of ether oxygens (including phenoxy) is 1. The van der Waals surface area contributed by atoms with E-state index >= 15 is 0 Å². The molecule has 0 radical (unpaired) electrons. The van der Waals surface area contributed by atoms with Gasteiger partial charge in [0, 0.05) is 17.8 Å². The summed E-state index contributed by atoms with van der Waals surface area (Å²) >= 11 is 0. The van der Waals surface area contributed by atoms with Gasteiger partial charge in [-0.2, -0.15) is 0 Å². The molecule has 0 unspecified atom stereocenters. The predicted molar refractivity (Wildman–Crippen MR) is 105 cm³/mol. The van der Waals surface area contributed by atoms with Gasteiger partial charge in [0.2, 0.25) is 0 Å². The summed E-state index contributed by atoms with van der Waals surface area (Å²) in [5.74, 6) is -2.14. The van der Waals surface area contributed by atoms with E-state index in [1.807, 2.05) is 0 Å². The van der Waals surface area contributed by atoms with Crippen molar-refractivity contribution in [3.8, 4) is 0 Å². The highest BCUT2D eigenvalue weighted by Crippen LogP contribution is 2.42. The summed E-state index contributed by atoms with van der Waals surface area (Å²) in [7, 11) is 0. The molecule has 1 atom stereocenters. The fourth-order valence-electron chi connectivity index (χ4n) is 3.32. The maximum Gasteiger partial charge on any atom is 0.326 e. The van der Waals surface area contributed by atoms with Gasteiger partial charge in [-0.05, 0) is 50.8 Å². The topological polar surface area (TPSA) is 134 Å². The lowest BCUT2D eigenvalue weighted by atomic mass is 9.96. The number of benzene rings is 1. The highest BCUT2D eigenvalue weighted by Gasteiger charge is 2.56. The van der Waals surface area contributed by atoms with Crippen molar-refractivity contribution in [3.05, 3.63) is 29.8 Å². The van der Waals surface area contributed by atoms with Gasteiger partial charge in [-0.25, -0.2) is 4.79 Å². The number of nitrogens with zero attached hydrogens (tertiary/aromatic N) is 1. The van der Waals surface area contributed by atoms with Gasteiger partial charge in [-0.3, -0.25) is 24.1 Å². The number of imide groups is 1. The molecule has 1 aromatic carbocycles. The number of rotatable bonds is 8. The highest BCUT2D eigenvalue weighted by atomic mass is 16.5. The second-order valence-electron chi connectivity index (χ2n) is 7.45. The Kier molecular flexibility index (Phi) is 6.04. The van der Waals surface area contributed by atoms with E-state index in [1.54, 1.807) is 32.0 Å². The maximum atomic E-state index is 12.5. The first-order valence-corrected chi connectivity index (χ1v) is 9.72. The van der Waals surface area contributed by atoms with Crippen molar-refractivity contribution in [2.45, 2.75) is 32.2 Å². The van der Waals surface area contributed by atoms with Crippen LogP contribution in [0.1, 0.15) is 37.0 Å². The van der Waals surface area contributed by atoms with Crippen LogP contribution < -0.4 is 16.0 Å². The molecule has 160 valence electrons. The van der Waals surface area contributed by atoms with E-state index < -0.39 is 42.5 Å². The first-order valence-electron chi connectivity index (χ1n) is 9.72. The van der Waals surface area contributed by atoms with Crippen LogP contribution in [0.15, 0.2) is 24.3 Å². The quantitative estimate of drug-likeness (QED) is 0.421. The Balaban J connectivity index is 1.49. The van der Waals surface area contributed by atoms with E-state index in [9.17, 15) is 24.0 Å². The number of anilines is 1. The lowest BCUT2D eigenvalue weighted by Gasteiger charge is -2.20. The number of hydrogen-bond donors (Lipinski definition) is 3. The van der Waals surface area contributed by atoms with E-state index in [0.717, 1.165) is 17.7 Å². The molecule has 2 fully saturated rings. The third-order valence-electron chi connectivity index (χ3n) is 5.09. The molecule has 3 rings (SSSR count). The third-order valence-corrected chi connectivity index (χ3v) is 5.09. The zero-order valence-electron chi connectivity index (χ0n) is 16.8. The van der Waals surface area contributed by atoms with Crippen molar-refractivity contribution >= 4 is 35.4 Å². The van der Waals surface area contributed by atoms with Gasteiger partial charge in [0.05, 0.1) is 0 Å². The van der Waals surface area contributed by atoms with Crippen LogP contribution in [0.2, 0.25) is 0 Å². The number of hydrogen-bond acceptors (Lipinski definition) is 6. The minimum atomic E-state index is -0.982. The van der Waals surface area contributed by atoms with Crippen molar-refractivity contribution < 1.29 is 28.7 Å². The maximum absolute atomic E-state index is 12.5. The van der Waals surface area contributed by atoms with Crippen LogP contribution in [-0.4, -0.2) is 59.9 Å². The number of carbonyl (C=O) groups is 5. The minimum absolute atomic E-state index is 0.0796. The molecule has 30 heavy (non-hydrogen) atoms. The number of amides is 5. The molecule has 1 aromatic rings. The molecular formula is C20H24N4O6. The van der Waals surface area contributed by atoms with E-state index in [1.165, 1.54) is 6.07 Å². The molecule has 1 aliphatic heterocycles. The predicted octanol–water partition coefficient (Wildman–Crippen LogP) is 0.639. The Bertz CT molecular complexity index is 897. The summed E-state index contributed by atoms with van der Waals surface area (Å²) in [5.41, 5.74) is -0.234. The summed E-state index contributed by atoms with van der Waals surface area (Å²) in [4.78, 5) is 61.3. The largest absolute Gasteiger partial charge is 0.454 e. The smallest absolute Gasteiger partial charge is 0.326 e. The molecule has 1 saturated heterocycles. The van der Waals surface area contributed by atoms with Crippen molar-refractivity contribution in [1.82, 2.24) is 15.5 Å². The second-order valence-corrected chi connectivity index (χ2v) is 7.45. The van der Waals surface area contributed by atoms with Gasteiger partial charge < -0.3 is 20.7 Å². The van der Waals surface area contributed by atoms with Crippen molar-refractivity contribution in [2.75, 3.05) is 25.0 Å². The fraction of sp³-hybridized carbons (Fsp3) is 0.450. The van der Waals surface area contributed by atoms with Gasteiger partial charge in [0.1, 0.15) is 12.1 Å². The summed E-state index contributed by atoms with van der Waals surface area (Å²) in [5, 5.41) is 7.82. The van der Waals surface area contributed by atoms with Crippen molar-refractivity contribution in [2.24, 2.45) is 5.92 Å².